The van der Waals surface area contributed by atoms with E-state index in [1.54, 1.807) is 44.7 Å². The van der Waals surface area contributed by atoms with Gasteiger partial charge in [0.1, 0.15) is 5.15 Å². The Labute approximate surface area is 131 Å². The first-order valence-corrected chi connectivity index (χ1v) is 6.77. The normalized spacial score (nSPS) is 10.5. The molecule has 3 aromatic rings. The number of hydrogen-bond acceptors (Lipinski definition) is 6. The summed E-state index contributed by atoms with van der Waals surface area (Å²) in [5, 5.41) is 4.28. The minimum atomic E-state index is 0.308. The van der Waals surface area contributed by atoms with Gasteiger partial charge in [-0.25, -0.2) is 4.98 Å². The van der Waals surface area contributed by atoms with E-state index in [-0.39, 0.29) is 0 Å². The molecule has 6 nitrogen and oxygen atoms in total. The van der Waals surface area contributed by atoms with E-state index in [1.807, 2.05) is 6.07 Å². The minimum absolute atomic E-state index is 0.308. The van der Waals surface area contributed by atoms with Crippen LogP contribution in [0.4, 0.5) is 0 Å². The van der Waals surface area contributed by atoms with Crippen molar-refractivity contribution in [3.05, 3.63) is 41.7 Å². The Bertz CT molecular complexity index is 804. The number of rotatable bonds is 4. The van der Waals surface area contributed by atoms with Gasteiger partial charge in [0.05, 0.1) is 19.8 Å². The molecule has 0 aliphatic carbocycles. The summed E-state index contributed by atoms with van der Waals surface area (Å²) in [5.74, 6) is 1.95. The molecule has 1 aromatic carbocycles. The van der Waals surface area contributed by atoms with E-state index in [2.05, 4.69) is 15.1 Å². The second-order valence-electron chi connectivity index (χ2n) is 4.33. The van der Waals surface area contributed by atoms with Gasteiger partial charge in [0.2, 0.25) is 5.82 Å². The number of halogens is 1. The number of nitrogens with zero attached hydrogens (tertiary/aromatic N) is 3. The second-order valence-corrected chi connectivity index (χ2v) is 4.69. The molecule has 0 unspecified atom stereocenters. The van der Waals surface area contributed by atoms with Crippen LogP contribution in [-0.2, 0) is 0 Å². The first-order chi connectivity index (χ1) is 10.7. The zero-order valence-electron chi connectivity index (χ0n) is 11.9. The first kappa shape index (κ1) is 14.3. The van der Waals surface area contributed by atoms with E-state index < -0.39 is 0 Å². The summed E-state index contributed by atoms with van der Waals surface area (Å²) in [4.78, 5) is 8.33. The highest BCUT2D eigenvalue weighted by Crippen LogP contribution is 2.32. The fourth-order valence-corrected chi connectivity index (χ4v) is 2.17. The molecule has 2 aromatic heterocycles. The van der Waals surface area contributed by atoms with Crippen molar-refractivity contribution in [3.8, 4) is 34.3 Å². The molecule has 0 saturated carbocycles. The van der Waals surface area contributed by atoms with Gasteiger partial charge < -0.3 is 14.0 Å². The summed E-state index contributed by atoms with van der Waals surface area (Å²) in [6.07, 6.45) is 1.59. The largest absolute Gasteiger partial charge is 0.493 e. The van der Waals surface area contributed by atoms with E-state index in [0.717, 1.165) is 5.56 Å². The Balaban J connectivity index is 1.99. The molecule has 0 aliphatic rings. The predicted molar refractivity (Wildman–Crippen MR) is 81.1 cm³/mol. The Morgan fingerprint density at radius 2 is 1.91 bits per heavy atom. The van der Waals surface area contributed by atoms with Gasteiger partial charge >= 0.3 is 0 Å². The molecular weight excluding hydrogens is 306 g/mol. The smallest absolute Gasteiger partial charge is 0.261 e. The van der Waals surface area contributed by atoms with E-state index in [9.17, 15) is 0 Å². The van der Waals surface area contributed by atoms with Gasteiger partial charge in [-0.2, -0.15) is 4.98 Å². The van der Waals surface area contributed by atoms with Gasteiger partial charge in [-0.1, -0.05) is 16.8 Å². The maximum Gasteiger partial charge on any atom is 0.261 e. The third-order valence-electron chi connectivity index (χ3n) is 3.06. The number of pyridine rings is 1. The lowest BCUT2D eigenvalue weighted by Crippen LogP contribution is -1.91. The van der Waals surface area contributed by atoms with Crippen LogP contribution in [0.25, 0.3) is 22.8 Å². The third-order valence-corrected chi connectivity index (χ3v) is 3.36. The summed E-state index contributed by atoms with van der Waals surface area (Å²) in [6, 6.07) is 8.89. The second kappa shape index (κ2) is 6.03. The van der Waals surface area contributed by atoms with E-state index in [0.29, 0.717) is 33.9 Å². The van der Waals surface area contributed by atoms with Crippen molar-refractivity contribution in [2.75, 3.05) is 14.2 Å². The molecule has 0 bridgehead atoms. The Morgan fingerprint density at radius 1 is 1.09 bits per heavy atom. The fourth-order valence-electron chi connectivity index (χ4n) is 1.97. The summed E-state index contributed by atoms with van der Waals surface area (Å²) in [6.45, 7) is 0. The van der Waals surface area contributed by atoms with Crippen LogP contribution in [0.5, 0.6) is 11.5 Å². The molecule has 0 fully saturated rings. The van der Waals surface area contributed by atoms with Gasteiger partial charge in [0.15, 0.2) is 11.5 Å². The first-order valence-electron chi connectivity index (χ1n) is 6.40. The van der Waals surface area contributed by atoms with Crippen LogP contribution in [0.2, 0.25) is 5.15 Å². The maximum atomic E-state index is 6.03. The lowest BCUT2D eigenvalue weighted by Gasteiger charge is -2.07. The number of ether oxygens (including phenoxy) is 2. The lowest BCUT2D eigenvalue weighted by atomic mass is 10.2. The highest BCUT2D eigenvalue weighted by atomic mass is 35.5. The number of hydrogen-bond donors (Lipinski definition) is 0. The van der Waals surface area contributed by atoms with Crippen molar-refractivity contribution in [1.82, 2.24) is 15.1 Å². The van der Waals surface area contributed by atoms with Crippen LogP contribution >= 0.6 is 11.6 Å². The molecule has 22 heavy (non-hydrogen) atoms. The molecule has 0 saturated heterocycles. The van der Waals surface area contributed by atoms with Gasteiger partial charge in [0, 0.05) is 11.8 Å². The zero-order valence-corrected chi connectivity index (χ0v) is 12.7. The van der Waals surface area contributed by atoms with Crippen molar-refractivity contribution < 1.29 is 14.0 Å². The van der Waals surface area contributed by atoms with Crippen molar-refractivity contribution in [1.29, 1.82) is 0 Å². The summed E-state index contributed by atoms with van der Waals surface area (Å²) in [7, 11) is 3.15. The monoisotopic (exact) mass is 317 g/mol. The molecule has 0 amide bonds. The van der Waals surface area contributed by atoms with Crippen molar-refractivity contribution >= 4 is 11.6 Å². The van der Waals surface area contributed by atoms with Crippen molar-refractivity contribution in [2.45, 2.75) is 0 Å². The molecule has 112 valence electrons. The average Bonchev–Trinajstić information content (AvgIpc) is 3.04. The molecule has 3 rings (SSSR count). The van der Waals surface area contributed by atoms with Crippen molar-refractivity contribution in [3.63, 3.8) is 0 Å². The summed E-state index contributed by atoms with van der Waals surface area (Å²) < 4.78 is 15.7. The van der Waals surface area contributed by atoms with Crippen LogP contribution in [0, 0.1) is 0 Å². The highest BCUT2D eigenvalue weighted by Gasteiger charge is 2.15. The summed E-state index contributed by atoms with van der Waals surface area (Å²) >= 11 is 6.03. The van der Waals surface area contributed by atoms with Crippen LogP contribution < -0.4 is 9.47 Å². The predicted octanol–water partition coefficient (Wildman–Crippen LogP) is 3.47. The van der Waals surface area contributed by atoms with E-state index in [4.69, 9.17) is 25.6 Å². The molecule has 2 heterocycles. The third kappa shape index (κ3) is 2.60. The highest BCUT2D eigenvalue weighted by molar-refractivity contribution is 6.31. The van der Waals surface area contributed by atoms with Crippen molar-refractivity contribution in [2.24, 2.45) is 0 Å². The lowest BCUT2D eigenvalue weighted by molar-refractivity contribution is 0.355. The van der Waals surface area contributed by atoms with Gasteiger partial charge in [-0.3, -0.25) is 0 Å². The minimum Gasteiger partial charge on any atom is -0.493 e. The van der Waals surface area contributed by atoms with Gasteiger partial charge in [0.25, 0.3) is 5.89 Å². The SMILES string of the molecule is COc1ccc(-c2noc(-c3cccnc3Cl)n2)cc1OC. The number of benzene rings is 1. The van der Waals surface area contributed by atoms with E-state index >= 15 is 0 Å². The Morgan fingerprint density at radius 3 is 2.64 bits per heavy atom. The fraction of sp³-hybridized carbons (Fsp3) is 0.133. The molecule has 0 aliphatic heterocycles. The maximum absolute atomic E-state index is 6.03. The van der Waals surface area contributed by atoms with Gasteiger partial charge in [-0.05, 0) is 30.3 Å². The van der Waals surface area contributed by atoms with E-state index in [1.165, 1.54) is 0 Å². The number of methoxy groups -OCH3 is 2. The van der Waals surface area contributed by atoms with Crippen LogP contribution in [0.1, 0.15) is 0 Å². The zero-order chi connectivity index (χ0) is 15.5. The molecule has 0 radical (unpaired) electrons. The molecule has 0 spiro atoms. The van der Waals surface area contributed by atoms with Crippen LogP contribution in [-0.4, -0.2) is 29.3 Å². The molecular formula is C15H12ClN3O3. The Hall–Kier alpha value is -2.60. The molecule has 7 heteroatoms. The molecule has 0 atom stereocenters. The summed E-state index contributed by atoms with van der Waals surface area (Å²) in [5.41, 5.74) is 1.33. The van der Waals surface area contributed by atoms with Gasteiger partial charge in [-0.15, -0.1) is 0 Å². The molecule has 0 N–H and O–H groups in total. The average molecular weight is 318 g/mol. The quantitative estimate of drug-likeness (QED) is 0.686. The standard InChI is InChI=1S/C15H12ClN3O3/c1-20-11-6-5-9(8-12(11)21-2)14-18-15(22-19-14)10-4-3-7-17-13(10)16/h3-8H,1-2H3. The topological polar surface area (TPSA) is 70.3 Å². The number of aromatic nitrogens is 3. The van der Waals surface area contributed by atoms with Crippen LogP contribution in [0.3, 0.4) is 0 Å². The van der Waals surface area contributed by atoms with Crippen LogP contribution in [0.15, 0.2) is 41.1 Å². The Kier molecular flexibility index (Phi) is 3.93.